The standard InChI is InChI=1S/C13H18N4O3.ClH/c14-10-6-8-16(9-10)13(18)5-7-15-11-3-1-2-4-12(11)17(19)20;/h1-4,10,15H,5-9,14H2;1H/t10-;/m1./s1. The zero-order valence-electron chi connectivity index (χ0n) is 11.5. The van der Waals surface area contributed by atoms with Crippen molar-refractivity contribution in [2.45, 2.75) is 18.9 Å². The van der Waals surface area contributed by atoms with Crippen LogP contribution in [0.2, 0.25) is 0 Å². The van der Waals surface area contributed by atoms with Crippen molar-refractivity contribution in [3.05, 3.63) is 34.4 Å². The highest BCUT2D eigenvalue weighted by Gasteiger charge is 2.23. The lowest BCUT2D eigenvalue weighted by Gasteiger charge is -2.16. The van der Waals surface area contributed by atoms with Crippen LogP contribution in [0.25, 0.3) is 0 Å². The summed E-state index contributed by atoms with van der Waals surface area (Å²) in [5, 5.41) is 13.8. The highest BCUT2D eigenvalue weighted by molar-refractivity contribution is 5.85. The third-order valence-electron chi connectivity index (χ3n) is 3.33. The van der Waals surface area contributed by atoms with Crippen molar-refractivity contribution in [1.82, 2.24) is 4.90 Å². The van der Waals surface area contributed by atoms with E-state index < -0.39 is 4.92 Å². The normalized spacial score (nSPS) is 17.2. The van der Waals surface area contributed by atoms with Crippen molar-refractivity contribution in [3.8, 4) is 0 Å². The van der Waals surface area contributed by atoms with Gasteiger partial charge >= 0.3 is 0 Å². The molecule has 1 amide bonds. The minimum Gasteiger partial charge on any atom is -0.379 e. The molecule has 1 fully saturated rings. The Kier molecular flexibility index (Phi) is 6.39. The topological polar surface area (TPSA) is 102 Å². The molecule has 7 nitrogen and oxygen atoms in total. The summed E-state index contributed by atoms with van der Waals surface area (Å²) in [5.74, 6) is 0.0315. The number of hydrogen-bond acceptors (Lipinski definition) is 5. The Balaban J connectivity index is 0.00000220. The molecule has 1 saturated heterocycles. The first-order chi connectivity index (χ1) is 9.58. The molecule has 0 aliphatic carbocycles. The first kappa shape index (κ1) is 17.2. The number of rotatable bonds is 5. The summed E-state index contributed by atoms with van der Waals surface area (Å²) in [6.07, 6.45) is 1.14. The van der Waals surface area contributed by atoms with Gasteiger partial charge in [-0.3, -0.25) is 14.9 Å². The van der Waals surface area contributed by atoms with E-state index in [9.17, 15) is 14.9 Å². The van der Waals surface area contributed by atoms with E-state index in [0.29, 0.717) is 31.7 Å². The fourth-order valence-corrected chi connectivity index (χ4v) is 2.26. The Labute approximate surface area is 129 Å². The minimum absolute atomic E-state index is 0. The summed E-state index contributed by atoms with van der Waals surface area (Å²) in [5.41, 5.74) is 6.20. The molecule has 1 heterocycles. The van der Waals surface area contributed by atoms with Gasteiger partial charge < -0.3 is 16.0 Å². The third kappa shape index (κ3) is 4.57. The van der Waals surface area contributed by atoms with E-state index in [2.05, 4.69) is 5.32 Å². The molecule has 8 heteroatoms. The second kappa shape index (κ2) is 7.80. The molecule has 1 aromatic rings. The van der Waals surface area contributed by atoms with Gasteiger partial charge in [0.2, 0.25) is 5.91 Å². The van der Waals surface area contributed by atoms with E-state index in [-0.39, 0.29) is 30.0 Å². The quantitative estimate of drug-likeness (QED) is 0.631. The molecule has 0 aromatic heterocycles. The number of benzene rings is 1. The summed E-state index contributed by atoms with van der Waals surface area (Å²) >= 11 is 0. The number of nitro benzene ring substituents is 1. The number of halogens is 1. The predicted octanol–water partition coefficient (Wildman–Crippen LogP) is 1.38. The van der Waals surface area contributed by atoms with Crippen LogP contribution >= 0.6 is 12.4 Å². The molecule has 21 heavy (non-hydrogen) atoms. The average molecular weight is 315 g/mol. The molecule has 3 N–H and O–H groups in total. The zero-order chi connectivity index (χ0) is 14.5. The second-order valence-corrected chi connectivity index (χ2v) is 4.84. The first-order valence-corrected chi connectivity index (χ1v) is 6.58. The van der Waals surface area contributed by atoms with Crippen molar-refractivity contribution in [2.75, 3.05) is 25.0 Å². The number of nitro groups is 1. The number of carbonyl (C=O) groups excluding carboxylic acids is 1. The molecule has 0 spiro atoms. The van der Waals surface area contributed by atoms with Crippen LogP contribution in [0.3, 0.4) is 0 Å². The Hall–Kier alpha value is -1.86. The molecule has 1 aliphatic heterocycles. The SMILES string of the molecule is Cl.N[C@@H]1CCN(C(=O)CCNc2ccccc2[N+](=O)[O-])C1. The van der Waals surface area contributed by atoms with E-state index in [1.807, 2.05) is 0 Å². The van der Waals surface area contributed by atoms with Crippen LogP contribution in [0, 0.1) is 10.1 Å². The van der Waals surface area contributed by atoms with Crippen LogP contribution < -0.4 is 11.1 Å². The number of likely N-dealkylation sites (tertiary alicyclic amines) is 1. The first-order valence-electron chi connectivity index (χ1n) is 6.58. The third-order valence-corrected chi connectivity index (χ3v) is 3.33. The molecule has 0 saturated carbocycles. The Bertz CT molecular complexity index is 512. The number of para-hydroxylation sites is 2. The van der Waals surface area contributed by atoms with Crippen LogP contribution in [0.1, 0.15) is 12.8 Å². The van der Waals surface area contributed by atoms with Crippen LogP contribution in [0.15, 0.2) is 24.3 Å². The minimum atomic E-state index is -0.441. The number of nitrogens with zero attached hydrogens (tertiary/aromatic N) is 2. The number of amides is 1. The van der Waals surface area contributed by atoms with E-state index >= 15 is 0 Å². The molecule has 1 aliphatic rings. The fourth-order valence-electron chi connectivity index (χ4n) is 2.26. The molecule has 1 atom stereocenters. The van der Waals surface area contributed by atoms with Gasteiger partial charge in [-0.25, -0.2) is 0 Å². The lowest BCUT2D eigenvalue weighted by Crippen LogP contribution is -2.32. The molecule has 116 valence electrons. The monoisotopic (exact) mass is 314 g/mol. The zero-order valence-corrected chi connectivity index (χ0v) is 12.3. The van der Waals surface area contributed by atoms with Crippen LogP contribution in [0.5, 0.6) is 0 Å². The smallest absolute Gasteiger partial charge is 0.292 e. The maximum Gasteiger partial charge on any atom is 0.292 e. The highest BCUT2D eigenvalue weighted by atomic mass is 35.5. The lowest BCUT2D eigenvalue weighted by molar-refractivity contribution is -0.384. The molecule has 0 radical (unpaired) electrons. The summed E-state index contributed by atoms with van der Waals surface area (Å²) in [7, 11) is 0. The number of carbonyl (C=O) groups is 1. The second-order valence-electron chi connectivity index (χ2n) is 4.84. The summed E-state index contributed by atoms with van der Waals surface area (Å²) in [6.45, 7) is 1.67. The lowest BCUT2D eigenvalue weighted by atomic mass is 10.2. The van der Waals surface area contributed by atoms with Gasteiger partial charge in [0.05, 0.1) is 4.92 Å². The van der Waals surface area contributed by atoms with E-state index in [0.717, 1.165) is 6.42 Å². The number of nitrogens with two attached hydrogens (primary N) is 1. The van der Waals surface area contributed by atoms with Gasteiger partial charge in [-0.15, -0.1) is 12.4 Å². The predicted molar refractivity (Wildman–Crippen MR) is 82.6 cm³/mol. The van der Waals surface area contributed by atoms with Crippen LogP contribution in [-0.4, -0.2) is 41.4 Å². The van der Waals surface area contributed by atoms with Gasteiger partial charge in [-0.1, -0.05) is 12.1 Å². The summed E-state index contributed by atoms with van der Waals surface area (Å²) < 4.78 is 0. The van der Waals surface area contributed by atoms with Gasteiger partial charge in [-0.2, -0.15) is 0 Å². The molecule has 0 unspecified atom stereocenters. The molecular formula is C13H19ClN4O3. The van der Waals surface area contributed by atoms with Gasteiger partial charge in [0.1, 0.15) is 5.69 Å². The average Bonchev–Trinajstić information content (AvgIpc) is 2.86. The number of anilines is 1. The molecular weight excluding hydrogens is 296 g/mol. The highest BCUT2D eigenvalue weighted by Crippen LogP contribution is 2.23. The van der Waals surface area contributed by atoms with Crippen molar-refractivity contribution in [2.24, 2.45) is 5.73 Å². The van der Waals surface area contributed by atoms with E-state index in [4.69, 9.17) is 5.73 Å². The maximum atomic E-state index is 11.9. The van der Waals surface area contributed by atoms with Crippen LogP contribution in [-0.2, 0) is 4.79 Å². The Morgan fingerprint density at radius 2 is 2.19 bits per heavy atom. The van der Waals surface area contributed by atoms with Crippen LogP contribution in [0.4, 0.5) is 11.4 Å². The Morgan fingerprint density at radius 3 is 2.81 bits per heavy atom. The van der Waals surface area contributed by atoms with Crippen molar-refractivity contribution in [1.29, 1.82) is 0 Å². The molecule has 0 bridgehead atoms. The van der Waals surface area contributed by atoms with Crippen molar-refractivity contribution in [3.63, 3.8) is 0 Å². The number of hydrogen-bond donors (Lipinski definition) is 2. The van der Waals surface area contributed by atoms with Crippen molar-refractivity contribution < 1.29 is 9.72 Å². The van der Waals surface area contributed by atoms with Gasteiger partial charge in [0, 0.05) is 38.2 Å². The largest absolute Gasteiger partial charge is 0.379 e. The van der Waals surface area contributed by atoms with Gasteiger partial charge in [-0.05, 0) is 12.5 Å². The summed E-state index contributed by atoms with van der Waals surface area (Å²) in [4.78, 5) is 24.0. The molecule has 1 aromatic carbocycles. The van der Waals surface area contributed by atoms with Gasteiger partial charge in [0.15, 0.2) is 0 Å². The van der Waals surface area contributed by atoms with Crippen molar-refractivity contribution >= 4 is 29.7 Å². The summed E-state index contributed by atoms with van der Waals surface area (Å²) in [6, 6.07) is 6.47. The fraction of sp³-hybridized carbons (Fsp3) is 0.462. The molecule has 2 rings (SSSR count). The Morgan fingerprint density at radius 1 is 1.48 bits per heavy atom. The van der Waals surface area contributed by atoms with Gasteiger partial charge in [0.25, 0.3) is 5.69 Å². The van der Waals surface area contributed by atoms with E-state index in [1.54, 1.807) is 23.1 Å². The number of nitrogens with one attached hydrogen (secondary N) is 1. The van der Waals surface area contributed by atoms with E-state index in [1.165, 1.54) is 6.07 Å². The maximum absolute atomic E-state index is 11.9.